The molecule has 39 heavy (non-hydrogen) atoms. The fraction of sp³-hybridized carbons (Fsp3) is 0.379. The maximum Gasteiger partial charge on any atom is 0.335 e. The summed E-state index contributed by atoms with van der Waals surface area (Å²) in [7, 11) is 0. The third kappa shape index (κ3) is 5.66. The molecule has 10 heteroatoms. The van der Waals surface area contributed by atoms with E-state index in [2.05, 4.69) is 21.6 Å². The number of likely N-dealkylation sites (tertiary alicyclic amines) is 1. The number of aromatic nitrogens is 3. The van der Waals surface area contributed by atoms with Crippen molar-refractivity contribution in [3.05, 3.63) is 75.4 Å². The number of ether oxygens (including phenoxy) is 2. The molecule has 2 aliphatic heterocycles. The molecule has 0 radical (unpaired) electrons. The largest absolute Gasteiger partial charge is 0.478 e. The van der Waals surface area contributed by atoms with Crippen LogP contribution in [0.2, 0.25) is 0 Å². The normalized spacial score (nSPS) is 18.1. The third-order valence-electron chi connectivity index (χ3n) is 7.51. The van der Waals surface area contributed by atoms with E-state index in [0.29, 0.717) is 37.1 Å². The Balaban J connectivity index is 1.11. The van der Waals surface area contributed by atoms with Gasteiger partial charge in [0.1, 0.15) is 18.5 Å². The van der Waals surface area contributed by atoms with Crippen LogP contribution in [0.4, 0.5) is 0 Å². The molecule has 1 N–H and O–H groups in total. The molecule has 3 aromatic heterocycles. The second kappa shape index (κ2) is 11.1. The zero-order chi connectivity index (χ0) is 26.8. The SMILES string of the molecule is N#Cc1csc(COc2cccc(C3CCN(Cc4nc5ccc(C(=O)O)cc5n4C[C@@H]4CCO4)CC3)n2)c1. The number of carboxylic acids is 1. The Morgan fingerprint density at radius 1 is 1.18 bits per heavy atom. The summed E-state index contributed by atoms with van der Waals surface area (Å²) in [6.07, 6.45) is 3.13. The number of fused-ring (bicyclic) bond motifs is 1. The van der Waals surface area contributed by atoms with Gasteiger partial charge >= 0.3 is 5.97 Å². The second-order valence-electron chi connectivity index (χ2n) is 10.1. The Morgan fingerprint density at radius 3 is 2.74 bits per heavy atom. The van der Waals surface area contributed by atoms with Crippen molar-refractivity contribution in [1.82, 2.24) is 19.4 Å². The number of hydrogen-bond acceptors (Lipinski definition) is 8. The predicted molar refractivity (Wildman–Crippen MR) is 146 cm³/mol. The molecule has 0 bridgehead atoms. The van der Waals surface area contributed by atoms with Gasteiger partial charge in [0.15, 0.2) is 0 Å². The van der Waals surface area contributed by atoms with Crippen LogP contribution in [0.1, 0.15) is 57.5 Å². The van der Waals surface area contributed by atoms with Crippen LogP contribution in [0, 0.1) is 11.3 Å². The molecule has 5 heterocycles. The first kappa shape index (κ1) is 25.5. The molecule has 200 valence electrons. The van der Waals surface area contributed by atoms with E-state index < -0.39 is 5.97 Å². The number of nitriles is 1. The number of nitrogens with zero attached hydrogens (tertiary/aromatic N) is 5. The molecule has 0 spiro atoms. The predicted octanol–water partition coefficient (Wildman–Crippen LogP) is 4.81. The minimum atomic E-state index is -0.934. The number of carbonyl (C=O) groups is 1. The van der Waals surface area contributed by atoms with Gasteiger partial charge in [0, 0.05) is 34.5 Å². The lowest BCUT2D eigenvalue weighted by molar-refractivity contribution is -0.0592. The molecular formula is C29H29N5O4S. The standard InChI is InChI=1S/C29H29N5O4S/c30-14-19-12-23(39-18-19)17-38-28-3-1-2-24(32-28)20-6-9-33(10-7-20)16-27-31-25-5-4-21(29(35)36)13-26(25)34(27)15-22-8-11-37-22/h1-5,12-13,18,20,22H,6-11,15-17H2,(H,35,36)/t22-/m0/s1. The number of thiophene rings is 1. The Morgan fingerprint density at radius 2 is 2.03 bits per heavy atom. The van der Waals surface area contributed by atoms with Crippen LogP contribution < -0.4 is 4.74 Å². The van der Waals surface area contributed by atoms with Gasteiger partial charge in [-0.25, -0.2) is 14.8 Å². The summed E-state index contributed by atoms with van der Waals surface area (Å²) in [5, 5.41) is 20.3. The second-order valence-corrected chi connectivity index (χ2v) is 11.1. The van der Waals surface area contributed by atoms with Crippen molar-refractivity contribution >= 4 is 28.3 Å². The third-order valence-corrected chi connectivity index (χ3v) is 8.43. The molecule has 4 aromatic rings. The minimum absolute atomic E-state index is 0.147. The van der Waals surface area contributed by atoms with Gasteiger partial charge in [0.2, 0.25) is 5.88 Å². The Bertz CT molecular complexity index is 1530. The highest BCUT2D eigenvalue weighted by Gasteiger charge is 2.26. The van der Waals surface area contributed by atoms with Gasteiger partial charge < -0.3 is 19.1 Å². The molecule has 0 saturated carbocycles. The van der Waals surface area contributed by atoms with Gasteiger partial charge in [0.25, 0.3) is 0 Å². The van der Waals surface area contributed by atoms with E-state index in [1.807, 2.05) is 23.6 Å². The van der Waals surface area contributed by atoms with Gasteiger partial charge in [-0.1, -0.05) is 6.07 Å². The number of rotatable bonds is 9. The fourth-order valence-corrected chi connectivity index (χ4v) is 5.97. The zero-order valence-electron chi connectivity index (χ0n) is 21.5. The van der Waals surface area contributed by atoms with Crippen molar-refractivity contribution in [3.8, 4) is 11.9 Å². The maximum absolute atomic E-state index is 11.6. The van der Waals surface area contributed by atoms with Crippen LogP contribution >= 0.6 is 11.3 Å². The molecule has 1 atom stereocenters. The van der Waals surface area contributed by atoms with Crippen LogP contribution in [-0.2, 0) is 24.4 Å². The number of carboxylic acid groups (broad SMARTS) is 1. The molecule has 2 saturated heterocycles. The van der Waals surface area contributed by atoms with Gasteiger partial charge in [-0.05, 0) is 62.7 Å². The first-order chi connectivity index (χ1) is 19.1. The van der Waals surface area contributed by atoms with Crippen molar-refractivity contribution < 1.29 is 19.4 Å². The lowest BCUT2D eigenvalue weighted by Crippen LogP contribution is -2.35. The highest BCUT2D eigenvalue weighted by molar-refractivity contribution is 7.10. The maximum atomic E-state index is 11.6. The van der Waals surface area contributed by atoms with Gasteiger partial charge in [-0.2, -0.15) is 5.26 Å². The smallest absolute Gasteiger partial charge is 0.335 e. The van der Waals surface area contributed by atoms with E-state index in [0.717, 1.165) is 66.4 Å². The van der Waals surface area contributed by atoms with Crippen molar-refractivity contribution in [2.75, 3.05) is 19.7 Å². The monoisotopic (exact) mass is 543 g/mol. The first-order valence-corrected chi connectivity index (χ1v) is 14.1. The van der Waals surface area contributed by atoms with Crippen LogP contribution in [0.15, 0.2) is 47.8 Å². The zero-order valence-corrected chi connectivity index (χ0v) is 22.3. The number of pyridine rings is 1. The van der Waals surface area contributed by atoms with Gasteiger partial charge in [-0.3, -0.25) is 4.90 Å². The summed E-state index contributed by atoms with van der Waals surface area (Å²) in [6, 6.07) is 15.1. The molecule has 2 aliphatic rings. The quantitative estimate of drug-likeness (QED) is 0.320. The summed E-state index contributed by atoms with van der Waals surface area (Å²) in [6.45, 7) is 4.42. The minimum Gasteiger partial charge on any atom is -0.478 e. The summed E-state index contributed by atoms with van der Waals surface area (Å²) < 4.78 is 13.7. The number of piperidine rings is 1. The Labute approximate surface area is 230 Å². The van der Waals surface area contributed by atoms with Crippen LogP contribution in [0.25, 0.3) is 11.0 Å². The summed E-state index contributed by atoms with van der Waals surface area (Å²) in [5.41, 5.74) is 3.64. The molecule has 0 aliphatic carbocycles. The van der Waals surface area contributed by atoms with E-state index in [1.165, 1.54) is 11.3 Å². The van der Waals surface area contributed by atoms with E-state index in [9.17, 15) is 9.90 Å². The van der Waals surface area contributed by atoms with E-state index in [-0.39, 0.29) is 11.7 Å². The molecule has 2 fully saturated rings. The average Bonchev–Trinajstić information content (AvgIpc) is 3.53. The van der Waals surface area contributed by atoms with Gasteiger partial charge in [0.05, 0.1) is 41.4 Å². The molecule has 6 rings (SSSR count). The van der Waals surface area contributed by atoms with Crippen LogP contribution in [0.3, 0.4) is 0 Å². The van der Waals surface area contributed by atoms with E-state index in [4.69, 9.17) is 24.7 Å². The van der Waals surface area contributed by atoms with Crippen LogP contribution in [-0.4, -0.2) is 56.3 Å². The molecule has 1 aromatic carbocycles. The number of benzene rings is 1. The summed E-state index contributed by atoms with van der Waals surface area (Å²) in [5.74, 6) is 0.977. The fourth-order valence-electron chi connectivity index (χ4n) is 5.25. The number of aromatic carboxylic acids is 1. The molecular weight excluding hydrogens is 514 g/mol. The number of hydrogen-bond donors (Lipinski definition) is 1. The molecule has 0 unspecified atom stereocenters. The Kier molecular flexibility index (Phi) is 7.28. The summed E-state index contributed by atoms with van der Waals surface area (Å²) >= 11 is 1.52. The molecule has 0 amide bonds. The van der Waals surface area contributed by atoms with Crippen molar-refractivity contribution in [3.63, 3.8) is 0 Å². The van der Waals surface area contributed by atoms with E-state index in [1.54, 1.807) is 18.2 Å². The van der Waals surface area contributed by atoms with E-state index >= 15 is 0 Å². The first-order valence-electron chi connectivity index (χ1n) is 13.2. The Hall–Kier alpha value is -3.78. The highest BCUT2D eigenvalue weighted by atomic mass is 32.1. The molecule has 9 nitrogen and oxygen atoms in total. The van der Waals surface area contributed by atoms with Crippen molar-refractivity contribution in [2.45, 2.75) is 51.0 Å². The lowest BCUT2D eigenvalue weighted by atomic mass is 9.93. The van der Waals surface area contributed by atoms with Crippen molar-refractivity contribution in [2.24, 2.45) is 0 Å². The average molecular weight is 544 g/mol. The van der Waals surface area contributed by atoms with Crippen LogP contribution in [0.5, 0.6) is 5.88 Å². The van der Waals surface area contributed by atoms with Crippen molar-refractivity contribution in [1.29, 1.82) is 5.26 Å². The lowest BCUT2D eigenvalue weighted by Gasteiger charge is -2.32. The number of imidazole rings is 1. The topological polar surface area (TPSA) is 114 Å². The highest BCUT2D eigenvalue weighted by Crippen LogP contribution is 2.30. The van der Waals surface area contributed by atoms with Gasteiger partial charge in [-0.15, -0.1) is 11.3 Å². The summed E-state index contributed by atoms with van der Waals surface area (Å²) in [4.78, 5) is 24.7.